The Morgan fingerprint density at radius 1 is 1.39 bits per heavy atom. The van der Waals surface area contributed by atoms with E-state index in [0.717, 1.165) is 50.4 Å². The second kappa shape index (κ2) is 5.02. The van der Waals surface area contributed by atoms with Crippen LogP contribution in [0.2, 0.25) is 0 Å². The van der Waals surface area contributed by atoms with E-state index in [0.29, 0.717) is 5.92 Å². The monoisotopic (exact) mass is 270 g/mol. The van der Waals surface area contributed by atoms with Crippen molar-refractivity contribution in [3.8, 4) is 0 Å². The highest BCUT2D eigenvalue weighted by molar-refractivity contribution is 7.99. The lowest BCUT2D eigenvalue weighted by Crippen LogP contribution is -2.57. The average molecular weight is 270 g/mol. The highest BCUT2D eigenvalue weighted by Crippen LogP contribution is 2.39. The number of carbonyl (C=O) groups excluding carboxylic acids is 1. The normalized spacial score (nSPS) is 40.6. The second-order valence-electron chi connectivity index (χ2n) is 5.85. The Kier molecular flexibility index (Phi) is 3.56. The number of hydrogen-bond donors (Lipinski definition) is 2. The van der Waals surface area contributed by atoms with Crippen LogP contribution in [0.4, 0.5) is 0 Å². The summed E-state index contributed by atoms with van der Waals surface area (Å²) in [6.07, 6.45) is 5.11. The third kappa shape index (κ3) is 2.28. The lowest BCUT2D eigenvalue weighted by atomic mass is 9.71. The Morgan fingerprint density at radius 2 is 2.28 bits per heavy atom. The van der Waals surface area contributed by atoms with Crippen molar-refractivity contribution in [3.05, 3.63) is 0 Å². The summed E-state index contributed by atoms with van der Waals surface area (Å²) in [5, 5.41) is 13.8. The first kappa shape index (κ1) is 12.8. The molecule has 2 saturated heterocycles. The minimum absolute atomic E-state index is 0.00443. The quantitative estimate of drug-likeness (QED) is 0.740. The Labute approximate surface area is 112 Å². The van der Waals surface area contributed by atoms with Crippen molar-refractivity contribution in [2.75, 3.05) is 24.7 Å². The number of thioether (sulfide) groups is 1. The van der Waals surface area contributed by atoms with Crippen LogP contribution in [0.1, 0.15) is 32.1 Å². The van der Waals surface area contributed by atoms with Crippen LogP contribution in [0.3, 0.4) is 0 Å². The van der Waals surface area contributed by atoms with Crippen molar-refractivity contribution >= 4 is 17.7 Å². The molecule has 2 N–H and O–H groups in total. The number of hydrogen-bond acceptors (Lipinski definition) is 4. The fourth-order valence-corrected chi connectivity index (χ4v) is 4.48. The molecule has 5 heteroatoms. The molecule has 3 unspecified atom stereocenters. The zero-order chi connectivity index (χ0) is 12.6. The van der Waals surface area contributed by atoms with Crippen molar-refractivity contribution in [2.45, 2.75) is 43.7 Å². The smallest absolute Gasteiger partial charge is 0.240 e. The van der Waals surface area contributed by atoms with E-state index in [4.69, 9.17) is 0 Å². The summed E-state index contributed by atoms with van der Waals surface area (Å²) in [6, 6.07) is 0.00443. The highest BCUT2D eigenvalue weighted by atomic mass is 32.2. The van der Waals surface area contributed by atoms with Gasteiger partial charge in [0.2, 0.25) is 5.91 Å². The molecule has 2 aliphatic heterocycles. The lowest BCUT2D eigenvalue weighted by molar-refractivity contribution is -0.144. The number of nitrogens with zero attached hydrogens (tertiary/aromatic N) is 1. The minimum Gasteiger partial charge on any atom is -0.389 e. The van der Waals surface area contributed by atoms with Crippen LogP contribution in [-0.4, -0.2) is 52.3 Å². The largest absolute Gasteiger partial charge is 0.389 e. The number of piperidine rings is 1. The molecule has 18 heavy (non-hydrogen) atoms. The van der Waals surface area contributed by atoms with Gasteiger partial charge in [-0.15, -0.1) is 11.8 Å². The SMILES string of the molecule is O=C(C1CSCN1)N1CCC2(O)CCCCC2C1. The van der Waals surface area contributed by atoms with Crippen molar-refractivity contribution in [1.82, 2.24) is 10.2 Å². The molecule has 1 amide bonds. The van der Waals surface area contributed by atoms with Crippen molar-refractivity contribution in [3.63, 3.8) is 0 Å². The fraction of sp³-hybridized carbons (Fsp3) is 0.923. The fourth-order valence-electron chi connectivity index (χ4n) is 3.55. The first-order valence-corrected chi connectivity index (χ1v) is 8.17. The zero-order valence-corrected chi connectivity index (χ0v) is 11.5. The molecule has 0 spiro atoms. The summed E-state index contributed by atoms with van der Waals surface area (Å²) in [5.41, 5.74) is -0.479. The Bertz CT molecular complexity index is 333. The number of aliphatic hydroxyl groups is 1. The van der Waals surface area contributed by atoms with Crippen LogP contribution in [0, 0.1) is 5.92 Å². The number of fused-ring (bicyclic) bond motifs is 1. The third-order valence-corrected chi connectivity index (χ3v) is 5.69. The van der Waals surface area contributed by atoms with Crippen molar-refractivity contribution in [1.29, 1.82) is 0 Å². The molecule has 3 rings (SSSR count). The molecule has 3 fully saturated rings. The van der Waals surface area contributed by atoms with Gasteiger partial charge in [-0.05, 0) is 19.3 Å². The van der Waals surface area contributed by atoms with Gasteiger partial charge in [0, 0.05) is 30.6 Å². The van der Waals surface area contributed by atoms with Gasteiger partial charge in [0.05, 0.1) is 11.6 Å². The first-order valence-electron chi connectivity index (χ1n) is 7.01. The third-order valence-electron chi connectivity index (χ3n) is 4.75. The summed E-state index contributed by atoms with van der Waals surface area (Å²) in [7, 11) is 0. The molecule has 0 aromatic heterocycles. The number of nitrogens with one attached hydrogen (secondary N) is 1. The standard InChI is InChI=1S/C13H22N2O2S/c16-12(11-8-18-9-14-11)15-6-5-13(17)4-2-1-3-10(13)7-15/h10-11,14,17H,1-9H2. The predicted molar refractivity (Wildman–Crippen MR) is 72.4 cm³/mol. The van der Waals surface area contributed by atoms with Gasteiger partial charge in [-0.25, -0.2) is 0 Å². The molecular weight excluding hydrogens is 248 g/mol. The van der Waals surface area contributed by atoms with E-state index >= 15 is 0 Å². The van der Waals surface area contributed by atoms with Crippen LogP contribution in [0.25, 0.3) is 0 Å². The summed E-state index contributed by atoms with van der Waals surface area (Å²) in [6.45, 7) is 1.49. The maximum atomic E-state index is 12.3. The zero-order valence-electron chi connectivity index (χ0n) is 10.7. The number of rotatable bonds is 1. The number of carbonyl (C=O) groups is 1. The van der Waals surface area contributed by atoms with E-state index in [1.165, 1.54) is 6.42 Å². The molecule has 4 nitrogen and oxygen atoms in total. The number of amides is 1. The van der Waals surface area contributed by atoms with Crippen LogP contribution in [0.15, 0.2) is 0 Å². The van der Waals surface area contributed by atoms with Gasteiger partial charge >= 0.3 is 0 Å². The topological polar surface area (TPSA) is 52.6 Å². The van der Waals surface area contributed by atoms with Crippen LogP contribution < -0.4 is 5.32 Å². The molecule has 0 bridgehead atoms. The molecule has 0 aromatic rings. The maximum absolute atomic E-state index is 12.3. The van der Waals surface area contributed by atoms with Crippen molar-refractivity contribution < 1.29 is 9.90 Å². The maximum Gasteiger partial charge on any atom is 0.240 e. The van der Waals surface area contributed by atoms with Crippen LogP contribution in [0.5, 0.6) is 0 Å². The van der Waals surface area contributed by atoms with Gasteiger partial charge < -0.3 is 10.0 Å². The van der Waals surface area contributed by atoms with Gasteiger partial charge in [0.25, 0.3) is 0 Å². The van der Waals surface area contributed by atoms with Gasteiger partial charge in [-0.3, -0.25) is 10.1 Å². The van der Waals surface area contributed by atoms with Crippen molar-refractivity contribution in [2.24, 2.45) is 5.92 Å². The first-order chi connectivity index (χ1) is 8.69. The molecule has 0 radical (unpaired) electrons. The predicted octanol–water partition coefficient (Wildman–Crippen LogP) is 0.802. The van der Waals surface area contributed by atoms with E-state index in [-0.39, 0.29) is 11.9 Å². The average Bonchev–Trinajstić information content (AvgIpc) is 2.90. The van der Waals surface area contributed by atoms with Gasteiger partial charge in [-0.1, -0.05) is 12.8 Å². The molecule has 102 valence electrons. The van der Waals surface area contributed by atoms with Crippen LogP contribution in [-0.2, 0) is 4.79 Å². The molecular formula is C13H22N2O2S. The molecule has 1 aliphatic carbocycles. The summed E-state index contributed by atoms with van der Waals surface area (Å²) < 4.78 is 0. The molecule has 0 aromatic carbocycles. The van der Waals surface area contributed by atoms with E-state index in [1.54, 1.807) is 11.8 Å². The summed E-state index contributed by atoms with van der Waals surface area (Å²) in [5.74, 6) is 2.33. The van der Waals surface area contributed by atoms with E-state index < -0.39 is 5.60 Å². The van der Waals surface area contributed by atoms with E-state index in [2.05, 4.69) is 5.32 Å². The molecule has 1 saturated carbocycles. The number of likely N-dealkylation sites (tertiary alicyclic amines) is 1. The van der Waals surface area contributed by atoms with Gasteiger partial charge in [0.1, 0.15) is 0 Å². The Balaban J connectivity index is 1.64. The second-order valence-corrected chi connectivity index (χ2v) is 6.88. The van der Waals surface area contributed by atoms with E-state index in [9.17, 15) is 9.90 Å². The minimum atomic E-state index is -0.479. The Hall–Kier alpha value is -0.260. The highest BCUT2D eigenvalue weighted by Gasteiger charge is 2.44. The lowest BCUT2D eigenvalue weighted by Gasteiger charge is -2.47. The van der Waals surface area contributed by atoms with E-state index in [1.807, 2.05) is 4.90 Å². The van der Waals surface area contributed by atoms with Gasteiger partial charge in [-0.2, -0.15) is 0 Å². The molecule has 3 atom stereocenters. The van der Waals surface area contributed by atoms with Gasteiger partial charge in [0.15, 0.2) is 0 Å². The molecule has 3 aliphatic rings. The summed E-state index contributed by atoms with van der Waals surface area (Å²) >= 11 is 1.79. The summed E-state index contributed by atoms with van der Waals surface area (Å²) in [4.78, 5) is 14.3. The Morgan fingerprint density at radius 3 is 3.06 bits per heavy atom. The molecule has 2 heterocycles. The van der Waals surface area contributed by atoms with Crippen LogP contribution >= 0.6 is 11.8 Å².